The van der Waals surface area contributed by atoms with E-state index in [2.05, 4.69) is 0 Å². The summed E-state index contributed by atoms with van der Waals surface area (Å²) < 4.78 is 61.6. The minimum atomic E-state index is -5.14. The molecule has 2 aromatic carbocycles. The highest BCUT2D eigenvalue weighted by Crippen LogP contribution is 2.35. The van der Waals surface area contributed by atoms with E-state index >= 15 is 0 Å². The van der Waals surface area contributed by atoms with Gasteiger partial charge in [0, 0.05) is 5.56 Å². The normalized spacial score (nSPS) is 30.4. The summed E-state index contributed by atoms with van der Waals surface area (Å²) in [5, 5.41) is 12.7. The Morgan fingerprint density at radius 3 is 2.38 bits per heavy atom. The second-order valence-electron chi connectivity index (χ2n) is 7.50. The van der Waals surface area contributed by atoms with Crippen LogP contribution in [0.1, 0.15) is 17.4 Å². The first-order valence-corrected chi connectivity index (χ1v) is 10.0. The zero-order chi connectivity index (χ0) is 22.7. The summed E-state index contributed by atoms with van der Waals surface area (Å²) in [6, 6.07) is 16.3. The van der Waals surface area contributed by atoms with Crippen molar-refractivity contribution >= 4 is 5.91 Å². The van der Waals surface area contributed by atoms with Gasteiger partial charge < -0.3 is 29.4 Å². The summed E-state index contributed by atoms with van der Waals surface area (Å²) in [6.45, 7) is 0.0226. The van der Waals surface area contributed by atoms with Gasteiger partial charge in [-0.05, 0) is 5.56 Å². The van der Waals surface area contributed by atoms with Crippen LogP contribution in [0.5, 0.6) is 0 Å². The number of rotatable bonds is 5. The molecule has 7 nitrogen and oxygen atoms in total. The van der Waals surface area contributed by atoms with Gasteiger partial charge in [-0.2, -0.15) is 13.2 Å². The number of carbonyl (C=O) groups excluding carboxylic acids is 1. The van der Waals surface area contributed by atoms with Crippen molar-refractivity contribution < 1.29 is 42.0 Å². The monoisotopic (exact) mass is 453 g/mol. The molecule has 0 aromatic heterocycles. The number of fused-ring (bicyclic) bond motifs is 1. The fraction of sp³-hybridized carbons (Fsp3) is 0.409. The van der Waals surface area contributed by atoms with Gasteiger partial charge in [-0.25, -0.2) is 0 Å². The maximum Gasteiger partial charge on any atom is 0.471 e. The molecule has 2 aliphatic rings. The van der Waals surface area contributed by atoms with Crippen LogP contribution >= 0.6 is 0 Å². The summed E-state index contributed by atoms with van der Waals surface area (Å²) in [7, 11) is 0. The molecule has 10 heteroatoms. The van der Waals surface area contributed by atoms with Crippen LogP contribution in [0.4, 0.5) is 13.2 Å². The molecule has 2 N–H and O–H groups in total. The van der Waals surface area contributed by atoms with Crippen LogP contribution in [-0.4, -0.2) is 54.4 Å². The van der Waals surface area contributed by atoms with Gasteiger partial charge in [-0.3, -0.25) is 4.79 Å². The lowest BCUT2D eigenvalue weighted by Crippen LogP contribution is -2.67. The summed E-state index contributed by atoms with van der Waals surface area (Å²) in [6.07, 6.45) is -10.7. The number of nitrogens with one attached hydrogen (secondary N) is 1. The highest BCUT2D eigenvalue weighted by molar-refractivity contribution is 5.82. The number of benzene rings is 2. The number of alkyl halides is 3. The largest absolute Gasteiger partial charge is 0.471 e. The third kappa shape index (κ3) is 5.11. The molecule has 4 rings (SSSR count). The number of ether oxygens (including phenoxy) is 4. The predicted octanol–water partition coefficient (Wildman–Crippen LogP) is 2.45. The number of aliphatic hydroxyl groups is 1. The Hall–Kier alpha value is -2.50. The molecule has 2 saturated heterocycles. The molecule has 2 fully saturated rings. The van der Waals surface area contributed by atoms with Gasteiger partial charge >= 0.3 is 12.1 Å². The standard InChI is InChI=1S/C22H22F3NO6/c23-22(24,25)21(28)26-16-17(27)18-15(12-30-19(32-18)14-9-5-2-6-10-14)31-20(16)29-11-13-7-3-1-4-8-13/h1-10,15-20,27H,11-12H2,(H,26,28)/t15-,16-,17-,18+,19?,20-/m1/s1. The fourth-order valence-electron chi connectivity index (χ4n) is 3.65. The Kier molecular flexibility index (Phi) is 6.77. The van der Waals surface area contributed by atoms with Crippen LogP contribution in [-0.2, 0) is 30.3 Å². The molecule has 0 saturated carbocycles. The van der Waals surface area contributed by atoms with E-state index in [1.54, 1.807) is 59.9 Å². The maximum atomic E-state index is 12.9. The van der Waals surface area contributed by atoms with Gasteiger partial charge in [-0.1, -0.05) is 60.7 Å². The van der Waals surface area contributed by atoms with Crippen molar-refractivity contribution in [1.82, 2.24) is 5.32 Å². The number of halogens is 3. The first kappa shape index (κ1) is 22.7. The van der Waals surface area contributed by atoms with Crippen molar-refractivity contribution in [1.29, 1.82) is 0 Å². The first-order chi connectivity index (χ1) is 15.3. The lowest BCUT2D eigenvalue weighted by atomic mass is 9.95. The van der Waals surface area contributed by atoms with Gasteiger partial charge in [0.1, 0.15) is 24.4 Å². The average molecular weight is 453 g/mol. The Bertz CT molecular complexity index is 898. The summed E-state index contributed by atoms with van der Waals surface area (Å²) >= 11 is 0. The van der Waals surface area contributed by atoms with E-state index in [0.29, 0.717) is 5.56 Å². The van der Waals surface area contributed by atoms with E-state index in [1.165, 1.54) is 0 Å². The highest BCUT2D eigenvalue weighted by atomic mass is 19.4. The number of aliphatic hydroxyl groups excluding tert-OH is 1. The average Bonchev–Trinajstić information content (AvgIpc) is 2.80. The topological polar surface area (TPSA) is 86.3 Å². The van der Waals surface area contributed by atoms with E-state index < -0.39 is 49.0 Å². The van der Waals surface area contributed by atoms with Crippen LogP contribution in [0.3, 0.4) is 0 Å². The van der Waals surface area contributed by atoms with Crippen LogP contribution in [0.2, 0.25) is 0 Å². The summed E-state index contributed by atoms with van der Waals surface area (Å²) in [5.41, 5.74) is 1.42. The van der Waals surface area contributed by atoms with Crippen LogP contribution < -0.4 is 5.32 Å². The van der Waals surface area contributed by atoms with Gasteiger partial charge in [0.05, 0.1) is 13.2 Å². The SMILES string of the molecule is O=C(N[C@H]1[C@H](OCc2ccccc2)O[C@@H]2COC(c3ccccc3)O[C@@H]2[C@@H]1O)C(F)(F)F. The van der Waals surface area contributed by atoms with E-state index in [0.717, 1.165) is 5.56 Å². The Morgan fingerprint density at radius 2 is 1.72 bits per heavy atom. The smallest absolute Gasteiger partial charge is 0.388 e. The van der Waals surface area contributed by atoms with Crippen LogP contribution in [0.15, 0.2) is 60.7 Å². The zero-order valence-electron chi connectivity index (χ0n) is 16.8. The van der Waals surface area contributed by atoms with Crippen molar-refractivity contribution in [2.75, 3.05) is 6.61 Å². The fourth-order valence-corrected chi connectivity index (χ4v) is 3.65. The third-order valence-electron chi connectivity index (χ3n) is 5.25. The minimum absolute atomic E-state index is 0.00234. The molecule has 6 atom stereocenters. The lowest BCUT2D eigenvalue weighted by molar-refractivity contribution is -0.346. The van der Waals surface area contributed by atoms with Gasteiger partial charge in [-0.15, -0.1) is 0 Å². The van der Waals surface area contributed by atoms with E-state index in [4.69, 9.17) is 18.9 Å². The molecule has 2 aromatic rings. The minimum Gasteiger partial charge on any atom is -0.388 e. The van der Waals surface area contributed by atoms with Crippen LogP contribution in [0, 0.1) is 0 Å². The van der Waals surface area contributed by atoms with E-state index in [1.807, 2.05) is 6.07 Å². The molecule has 0 spiro atoms. The lowest BCUT2D eigenvalue weighted by Gasteiger charge is -2.47. The Labute approximate surface area is 182 Å². The molecular formula is C22H22F3NO6. The zero-order valence-corrected chi connectivity index (χ0v) is 16.8. The third-order valence-corrected chi connectivity index (χ3v) is 5.25. The molecule has 2 heterocycles. The number of hydrogen-bond donors (Lipinski definition) is 2. The van der Waals surface area contributed by atoms with Crippen molar-refractivity contribution in [2.24, 2.45) is 0 Å². The molecule has 0 radical (unpaired) electrons. The number of carbonyl (C=O) groups is 1. The van der Waals surface area contributed by atoms with Gasteiger partial charge in [0.15, 0.2) is 12.6 Å². The molecule has 0 aliphatic carbocycles. The van der Waals surface area contributed by atoms with Crippen molar-refractivity contribution in [3.63, 3.8) is 0 Å². The summed E-state index contributed by atoms with van der Waals surface area (Å²) in [4.78, 5) is 11.6. The maximum absolute atomic E-state index is 12.9. The molecule has 172 valence electrons. The van der Waals surface area contributed by atoms with Crippen molar-refractivity contribution in [2.45, 2.75) is 49.7 Å². The highest BCUT2D eigenvalue weighted by Gasteiger charge is 2.52. The van der Waals surface area contributed by atoms with Crippen molar-refractivity contribution in [3.8, 4) is 0 Å². The summed E-state index contributed by atoms with van der Waals surface area (Å²) in [5.74, 6) is -2.21. The molecular weight excluding hydrogens is 431 g/mol. The van der Waals surface area contributed by atoms with E-state index in [9.17, 15) is 23.1 Å². The molecule has 32 heavy (non-hydrogen) atoms. The Balaban J connectivity index is 1.51. The second kappa shape index (κ2) is 9.55. The van der Waals surface area contributed by atoms with E-state index in [-0.39, 0.29) is 13.2 Å². The van der Waals surface area contributed by atoms with Crippen LogP contribution in [0.25, 0.3) is 0 Å². The first-order valence-electron chi connectivity index (χ1n) is 10.0. The molecule has 1 amide bonds. The molecule has 1 unspecified atom stereocenters. The molecule has 0 bridgehead atoms. The number of amides is 1. The number of hydrogen-bond acceptors (Lipinski definition) is 6. The second-order valence-corrected chi connectivity index (χ2v) is 7.50. The Morgan fingerprint density at radius 1 is 1.06 bits per heavy atom. The molecule has 2 aliphatic heterocycles. The van der Waals surface area contributed by atoms with Crippen molar-refractivity contribution in [3.05, 3.63) is 71.8 Å². The van der Waals surface area contributed by atoms with Gasteiger partial charge in [0.25, 0.3) is 0 Å². The predicted molar refractivity (Wildman–Crippen MR) is 104 cm³/mol. The quantitative estimate of drug-likeness (QED) is 0.724. The van der Waals surface area contributed by atoms with Gasteiger partial charge in [0.2, 0.25) is 0 Å².